The van der Waals surface area contributed by atoms with Crippen LogP contribution in [0, 0.1) is 5.82 Å². The first-order chi connectivity index (χ1) is 14.0. The van der Waals surface area contributed by atoms with Crippen LogP contribution in [-0.2, 0) is 6.67 Å². The Morgan fingerprint density at radius 3 is 2.79 bits per heavy atom. The fourth-order valence-electron chi connectivity index (χ4n) is 3.07. The second-order valence-corrected chi connectivity index (χ2v) is 6.34. The van der Waals surface area contributed by atoms with E-state index in [2.05, 4.69) is 25.5 Å². The van der Waals surface area contributed by atoms with Gasteiger partial charge in [-0.1, -0.05) is 23.7 Å². The molecule has 11 heteroatoms. The molecule has 3 aromatic heterocycles. The van der Waals surface area contributed by atoms with Gasteiger partial charge in [0, 0.05) is 17.1 Å². The van der Waals surface area contributed by atoms with Crippen LogP contribution >= 0.6 is 11.6 Å². The van der Waals surface area contributed by atoms with Crippen molar-refractivity contribution in [3.8, 4) is 11.3 Å². The third-order valence-electron chi connectivity index (χ3n) is 4.31. The maximum atomic E-state index is 14.2. The molecule has 0 atom stereocenters. The molecule has 0 aliphatic rings. The van der Waals surface area contributed by atoms with E-state index in [-0.39, 0.29) is 28.8 Å². The molecule has 0 saturated carbocycles. The highest BCUT2D eigenvalue weighted by Gasteiger charge is 2.26. The smallest absolute Gasteiger partial charge is 0.289 e. The molecule has 0 fully saturated rings. The normalized spacial score (nSPS) is 11.3. The number of halogens is 4. The van der Waals surface area contributed by atoms with Crippen molar-refractivity contribution in [2.45, 2.75) is 13.1 Å². The number of benzene rings is 1. The minimum atomic E-state index is -3.06. The summed E-state index contributed by atoms with van der Waals surface area (Å²) in [5.74, 6) is -1.65. The molecule has 2 N–H and O–H groups in total. The molecule has 29 heavy (non-hydrogen) atoms. The molecule has 7 nitrogen and oxygen atoms in total. The van der Waals surface area contributed by atoms with Crippen molar-refractivity contribution in [3.05, 3.63) is 65.1 Å². The summed E-state index contributed by atoms with van der Waals surface area (Å²) < 4.78 is 42.8. The third kappa shape index (κ3) is 3.31. The fraction of sp³-hybridized carbons (Fsp3) is 0.111. The van der Waals surface area contributed by atoms with Crippen molar-refractivity contribution in [2.24, 2.45) is 0 Å². The van der Waals surface area contributed by atoms with Crippen LogP contribution in [-0.4, -0.2) is 30.6 Å². The van der Waals surface area contributed by atoms with Crippen LogP contribution in [0.1, 0.15) is 22.6 Å². The number of amides is 1. The topological polar surface area (TPSA) is 88.5 Å². The number of aromatic nitrogens is 5. The molecule has 3 heterocycles. The maximum absolute atomic E-state index is 14.2. The van der Waals surface area contributed by atoms with Gasteiger partial charge >= 0.3 is 0 Å². The van der Waals surface area contributed by atoms with E-state index in [1.807, 2.05) is 0 Å². The molecular formula is C18H12ClF3N6O. The van der Waals surface area contributed by atoms with Gasteiger partial charge in [0.25, 0.3) is 12.3 Å². The van der Waals surface area contributed by atoms with E-state index in [1.165, 1.54) is 29.2 Å². The van der Waals surface area contributed by atoms with E-state index in [4.69, 9.17) is 11.6 Å². The van der Waals surface area contributed by atoms with Crippen molar-refractivity contribution in [3.63, 3.8) is 0 Å². The van der Waals surface area contributed by atoms with Crippen LogP contribution in [0.4, 0.5) is 13.2 Å². The van der Waals surface area contributed by atoms with Crippen molar-refractivity contribution < 1.29 is 18.0 Å². The average Bonchev–Trinajstić information content (AvgIpc) is 3.33. The van der Waals surface area contributed by atoms with Gasteiger partial charge in [-0.3, -0.25) is 9.89 Å². The molecule has 4 rings (SSSR count). The lowest BCUT2D eigenvalue weighted by Crippen LogP contribution is -2.27. The van der Waals surface area contributed by atoms with Crippen LogP contribution in [0.3, 0.4) is 0 Å². The molecule has 148 valence electrons. The average molecular weight is 421 g/mol. The van der Waals surface area contributed by atoms with Gasteiger partial charge in [0.05, 0.1) is 22.9 Å². The number of pyridine rings is 1. The minimum Gasteiger partial charge on any atom is -0.331 e. The van der Waals surface area contributed by atoms with Gasteiger partial charge in [-0.2, -0.15) is 5.10 Å². The van der Waals surface area contributed by atoms with Gasteiger partial charge in [-0.25, -0.2) is 23.1 Å². The van der Waals surface area contributed by atoms with Crippen molar-refractivity contribution >= 4 is 28.5 Å². The molecule has 0 bridgehead atoms. The predicted molar refractivity (Wildman–Crippen MR) is 98.9 cm³/mol. The summed E-state index contributed by atoms with van der Waals surface area (Å²) in [5.41, 5.74) is -0.403. The predicted octanol–water partition coefficient (Wildman–Crippen LogP) is 3.94. The number of rotatable bonds is 5. The lowest BCUT2D eigenvalue weighted by Gasteiger charge is -2.15. The summed E-state index contributed by atoms with van der Waals surface area (Å²) in [6.07, 6.45) is -0.395. The molecular weight excluding hydrogens is 409 g/mol. The van der Waals surface area contributed by atoms with E-state index in [0.717, 1.165) is 6.07 Å². The van der Waals surface area contributed by atoms with E-state index >= 15 is 0 Å². The zero-order chi connectivity index (χ0) is 20.5. The van der Waals surface area contributed by atoms with Crippen LogP contribution in [0.25, 0.3) is 22.3 Å². The zero-order valence-electron chi connectivity index (χ0n) is 14.5. The van der Waals surface area contributed by atoms with E-state index < -0.39 is 23.7 Å². The van der Waals surface area contributed by atoms with E-state index in [9.17, 15) is 18.0 Å². The fourth-order valence-corrected chi connectivity index (χ4v) is 3.42. The summed E-state index contributed by atoms with van der Waals surface area (Å²) in [7, 11) is 0. The number of alkyl halides is 2. The number of fused-ring (bicyclic) bond motifs is 1. The standard InChI is InChI=1S/C18H12ClF3N6O/c19-13-10-4-2-6-23-17(10)28(8-25-18(29)16-24-7-26-27-16)14(13)9-3-1-5-11(20)12(9)15(21)22/h1-7,15H,8H2,(H,25,29)(H,24,26,27). The first-order valence-electron chi connectivity index (χ1n) is 8.32. The van der Waals surface area contributed by atoms with E-state index in [0.29, 0.717) is 11.0 Å². The summed E-state index contributed by atoms with van der Waals surface area (Å²) in [5, 5.41) is 9.20. The number of carbonyl (C=O) groups excluding carboxylic acids is 1. The van der Waals surface area contributed by atoms with Gasteiger partial charge in [0.2, 0.25) is 5.82 Å². The summed E-state index contributed by atoms with van der Waals surface area (Å²) >= 11 is 6.47. The molecule has 0 saturated heterocycles. The maximum Gasteiger partial charge on any atom is 0.289 e. The van der Waals surface area contributed by atoms with Gasteiger partial charge in [0.15, 0.2) is 0 Å². The first kappa shape index (κ1) is 18.9. The minimum absolute atomic E-state index is 0.0268. The monoisotopic (exact) mass is 420 g/mol. The third-order valence-corrected chi connectivity index (χ3v) is 4.69. The molecule has 0 aliphatic heterocycles. The zero-order valence-corrected chi connectivity index (χ0v) is 15.3. The Hall–Kier alpha value is -3.40. The number of hydrogen-bond acceptors (Lipinski definition) is 4. The number of carbonyl (C=O) groups is 1. The van der Waals surface area contributed by atoms with Gasteiger partial charge in [-0.15, -0.1) is 0 Å². The van der Waals surface area contributed by atoms with Crippen molar-refractivity contribution in [2.75, 3.05) is 0 Å². The Kier molecular flexibility index (Phi) is 4.93. The Bertz CT molecular complexity index is 1190. The largest absolute Gasteiger partial charge is 0.331 e. The van der Waals surface area contributed by atoms with Gasteiger partial charge in [-0.05, 0) is 18.2 Å². The SMILES string of the molecule is O=C(NCn1c(-c2cccc(F)c2C(F)F)c(Cl)c2cccnc21)c1ncn[nH]1. The molecule has 4 aromatic rings. The summed E-state index contributed by atoms with van der Waals surface area (Å²) in [6.45, 7) is -0.172. The molecule has 0 unspecified atom stereocenters. The summed E-state index contributed by atoms with van der Waals surface area (Å²) in [4.78, 5) is 20.2. The Labute approximate surface area is 166 Å². The van der Waals surface area contributed by atoms with Crippen LogP contribution in [0.5, 0.6) is 0 Å². The molecule has 0 radical (unpaired) electrons. The number of nitrogens with one attached hydrogen (secondary N) is 2. The Morgan fingerprint density at radius 2 is 2.07 bits per heavy atom. The van der Waals surface area contributed by atoms with Crippen molar-refractivity contribution in [1.82, 2.24) is 30.0 Å². The Balaban J connectivity index is 1.87. The second kappa shape index (κ2) is 7.55. The molecule has 0 aliphatic carbocycles. The summed E-state index contributed by atoms with van der Waals surface area (Å²) in [6, 6.07) is 6.91. The van der Waals surface area contributed by atoms with Crippen LogP contribution in [0.15, 0.2) is 42.9 Å². The number of hydrogen-bond donors (Lipinski definition) is 2. The van der Waals surface area contributed by atoms with E-state index in [1.54, 1.807) is 12.1 Å². The van der Waals surface area contributed by atoms with Crippen molar-refractivity contribution in [1.29, 1.82) is 0 Å². The molecule has 1 aromatic carbocycles. The van der Waals surface area contributed by atoms with Crippen LogP contribution in [0.2, 0.25) is 5.02 Å². The van der Waals surface area contributed by atoms with Crippen LogP contribution < -0.4 is 5.32 Å². The quantitative estimate of drug-likeness (QED) is 0.512. The number of H-pyrrole nitrogens is 1. The highest BCUT2D eigenvalue weighted by Crippen LogP contribution is 2.41. The first-order valence-corrected chi connectivity index (χ1v) is 8.70. The lowest BCUT2D eigenvalue weighted by atomic mass is 10.0. The molecule has 0 spiro atoms. The van der Waals surface area contributed by atoms with Gasteiger partial charge in [0.1, 0.15) is 17.8 Å². The number of nitrogens with zero attached hydrogens (tertiary/aromatic N) is 4. The van der Waals surface area contributed by atoms with Gasteiger partial charge < -0.3 is 9.88 Å². The molecule has 1 amide bonds. The second-order valence-electron chi connectivity index (χ2n) is 5.97. The highest BCUT2D eigenvalue weighted by molar-refractivity contribution is 6.38. The number of aromatic amines is 1. The Morgan fingerprint density at radius 1 is 1.24 bits per heavy atom. The lowest BCUT2D eigenvalue weighted by molar-refractivity contribution is 0.0932. The highest BCUT2D eigenvalue weighted by atomic mass is 35.5.